The van der Waals surface area contributed by atoms with Crippen LogP contribution in [0.25, 0.3) is 0 Å². The van der Waals surface area contributed by atoms with E-state index in [0.29, 0.717) is 0 Å². The summed E-state index contributed by atoms with van der Waals surface area (Å²) in [5, 5.41) is 10.6. The van der Waals surface area contributed by atoms with Gasteiger partial charge in [0.1, 0.15) is 6.61 Å². The predicted octanol–water partition coefficient (Wildman–Crippen LogP) is 1.19. The van der Waals surface area contributed by atoms with Gasteiger partial charge in [-0.2, -0.15) is 0 Å². The fourth-order valence-electron chi connectivity index (χ4n) is 1.49. The molecule has 1 aromatic carbocycles. The largest absolute Gasteiger partial charge is 0.447 e. The van der Waals surface area contributed by atoms with Crippen LogP contribution >= 0.6 is 0 Å². The maximum absolute atomic E-state index is 11.8. The minimum absolute atomic E-state index is 0.0954. The Balaban J connectivity index is 2.27. The number of carbonyl (C=O) groups excluding carboxylic acids is 2. The number of benzene rings is 1. The number of rotatable bonds is 2. The Labute approximate surface area is 95.7 Å². The molecular formula is C10H8N2O5. The highest BCUT2D eigenvalue weighted by atomic mass is 16.6. The van der Waals surface area contributed by atoms with E-state index >= 15 is 0 Å². The first kappa shape index (κ1) is 11.1. The van der Waals surface area contributed by atoms with Crippen LogP contribution in [0.4, 0.5) is 10.5 Å². The topological polar surface area (TPSA) is 89.8 Å². The van der Waals surface area contributed by atoms with Crippen molar-refractivity contribution in [3.63, 3.8) is 0 Å². The van der Waals surface area contributed by atoms with Crippen molar-refractivity contribution in [3.8, 4) is 0 Å². The van der Waals surface area contributed by atoms with Crippen molar-refractivity contribution in [2.45, 2.75) is 0 Å². The molecule has 1 aliphatic heterocycles. The van der Waals surface area contributed by atoms with Crippen LogP contribution in [0.2, 0.25) is 0 Å². The van der Waals surface area contributed by atoms with E-state index in [-0.39, 0.29) is 24.4 Å². The van der Waals surface area contributed by atoms with E-state index in [9.17, 15) is 19.7 Å². The number of non-ortho nitro benzene ring substituents is 1. The molecule has 7 heteroatoms. The normalized spacial score (nSPS) is 14.6. The van der Waals surface area contributed by atoms with Crippen LogP contribution in [0.3, 0.4) is 0 Å². The SMILES string of the molecule is O=C1OCCN1C(=O)c1cccc([N+](=O)[O-])c1. The van der Waals surface area contributed by atoms with E-state index in [4.69, 9.17) is 0 Å². The molecule has 0 spiro atoms. The van der Waals surface area contributed by atoms with Gasteiger partial charge in [-0.05, 0) is 6.07 Å². The predicted molar refractivity (Wildman–Crippen MR) is 55.5 cm³/mol. The van der Waals surface area contributed by atoms with Crippen LogP contribution in [0.1, 0.15) is 10.4 Å². The summed E-state index contributed by atoms with van der Waals surface area (Å²) in [4.78, 5) is 33.9. The molecule has 1 aromatic rings. The van der Waals surface area contributed by atoms with Gasteiger partial charge in [0, 0.05) is 17.7 Å². The molecule has 88 valence electrons. The standard InChI is InChI=1S/C10H8N2O5/c13-9(11-4-5-17-10(11)14)7-2-1-3-8(6-7)12(15)16/h1-3,6H,4-5H2. The maximum atomic E-state index is 11.8. The quantitative estimate of drug-likeness (QED) is 0.568. The second-order valence-corrected chi connectivity index (χ2v) is 3.38. The summed E-state index contributed by atoms with van der Waals surface area (Å²) in [5.74, 6) is -0.587. The second-order valence-electron chi connectivity index (χ2n) is 3.38. The molecule has 0 saturated carbocycles. The van der Waals surface area contributed by atoms with E-state index in [2.05, 4.69) is 4.74 Å². The molecule has 1 aliphatic rings. The van der Waals surface area contributed by atoms with E-state index in [1.807, 2.05) is 0 Å². The number of carbonyl (C=O) groups is 2. The minimum Gasteiger partial charge on any atom is -0.447 e. The molecule has 0 N–H and O–H groups in total. The summed E-state index contributed by atoms with van der Waals surface area (Å²) in [6, 6.07) is 5.22. The van der Waals surface area contributed by atoms with Crippen LogP contribution in [-0.2, 0) is 4.74 Å². The van der Waals surface area contributed by atoms with Gasteiger partial charge >= 0.3 is 6.09 Å². The second kappa shape index (κ2) is 4.20. The molecule has 0 radical (unpaired) electrons. The number of cyclic esters (lactones) is 1. The smallest absolute Gasteiger partial charge is 0.416 e. The third-order valence-corrected chi connectivity index (χ3v) is 2.31. The molecule has 17 heavy (non-hydrogen) atoms. The number of hydrogen-bond donors (Lipinski definition) is 0. The van der Waals surface area contributed by atoms with Gasteiger partial charge in [0.15, 0.2) is 0 Å². The first-order chi connectivity index (χ1) is 8.09. The summed E-state index contributed by atoms with van der Waals surface area (Å²) >= 11 is 0. The third kappa shape index (κ3) is 2.07. The Morgan fingerprint density at radius 3 is 2.82 bits per heavy atom. The summed E-state index contributed by atoms with van der Waals surface area (Å²) < 4.78 is 4.62. The van der Waals surface area contributed by atoms with E-state index < -0.39 is 16.9 Å². The highest BCUT2D eigenvalue weighted by Gasteiger charge is 2.29. The van der Waals surface area contributed by atoms with Gasteiger partial charge in [-0.25, -0.2) is 9.69 Å². The van der Waals surface area contributed by atoms with Crippen LogP contribution in [0, 0.1) is 10.1 Å². The van der Waals surface area contributed by atoms with E-state index in [0.717, 1.165) is 11.0 Å². The molecule has 0 atom stereocenters. The Bertz CT molecular complexity index is 499. The van der Waals surface area contributed by atoms with Gasteiger partial charge in [0.2, 0.25) is 0 Å². The number of nitrogens with zero attached hydrogens (tertiary/aromatic N) is 2. The molecule has 2 rings (SSSR count). The lowest BCUT2D eigenvalue weighted by Gasteiger charge is -2.09. The molecular weight excluding hydrogens is 228 g/mol. The lowest BCUT2D eigenvalue weighted by molar-refractivity contribution is -0.384. The Kier molecular flexibility index (Phi) is 2.73. The van der Waals surface area contributed by atoms with Crippen molar-refractivity contribution < 1.29 is 19.2 Å². The number of hydrogen-bond acceptors (Lipinski definition) is 5. The molecule has 0 unspecified atom stereocenters. The van der Waals surface area contributed by atoms with Crippen molar-refractivity contribution in [1.82, 2.24) is 4.90 Å². The van der Waals surface area contributed by atoms with Gasteiger partial charge in [0.25, 0.3) is 11.6 Å². The summed E-state index contributed by atoms with van der Waals surface area (Å²) in [7, 11) is 0. The fraction of sp³-hybridized carbons (Fsp3) is 0.200. The van der Waals surface area contributed by atoms with Crippen molar-refractivity contribution in [1.29, 1.82) is 0 Å². The average molecular weight is 236 g/mol. The van der Waals surface area contributed by atoms with Crippen molar-refractivity contribution >= 4 is 17.7 Å². The molecule has 0 bridgehead atoms. The van der Waals surface area contributed by atoms with Gasteiger partial charge in [-0.1, -0.05) is 6.07 Å². The van der Waals surface area contributed by atoms with Crippen molar-refractivity contribution in [2.24, 2.45) is 0 Å². The summed E-state index contributed by atoms with van der Waals surface area (Å²) in [6.45, 7) is 0.319. The number of ether oxygens (including phenoxy) is 1. The molecule has 1 heterocycles. The first-order valence-corrected chi connectivity index (χ1v) is 4.82. The number of amides is 2. The number of nitro benzene ring substituents is 1. The minimum atomic E-state index is -0.721. The fourth-order valence-corrected chi connectivity index (χ4v) is 1.49. The van der Waals surface area contributed by atoms with Gasteiger partial charge in [0.05, 0.1) is 11.5 Å². The maximum Gasteiger partial charge on any atom is 0.416 e. The average Bonchev–Trinajstić information content (AvgIpc) is 2.74. The van der Waals surface area contributed by atoms with Crippen LogP contribution in [0.5, 0.6) is 0 Å². The zero-order valence-electron chi connectivity index (χ0n) is 8.66. The Morgan fingerprint density at radius 1 is 1.47 bits per heavy atom. The van der Waals surface area contributed by atoms with Crippen molar-refractivity contribution in [2.75, 3.05) is 13.2 Å². The molecule has 2 amide bonds. The molecule has 1 saturated heterocycles. The molecule has 7 nitrogen and oxygen atoms in total. The van der Waals surface area contributed by atoms with Gasteiger partial charge < -0.3 is 4.74 Å². The summed E-state index contributed by atoms with van der Waals surface area (Å²) in [6.07, 6.45) is -0.721. The van der Waals surface area contributed by atoms with E-state index in [1.165, 1.54) is 18.2 Å². The van der Waals surface area contributed by atoms with Crippen LogP contribution in [0.15, 0.2) is 24.3 Å². The number of imide groups is 1. The Hall–Kier alpha value is -2.44. The molecule has 0 aromatic heterocycles. The zero-order valence-corrected chi connectivity index (χ0v) is 8.66. The zero-order chi connectivity index (χ0) is 12.4. The van der Waals surface area contributed by atoms with Crippen LogP contribution < -0.4 is 0 Å². The molecule has 0 aliphatic carbocycles. The lowest BCUT2D eigenvalue weighted by atomic mass is 10.2. The monoisotopic (exact) mass is 236 g/mol. The lowest BCUT2D eigenvalue weighted by Crippen LogP contribution is -2.31. The van der Waals surface area contributed by atoms with Gasteiger partial charge in [-0.3, -0.25) is 14.9 Å². The van der Waals surface area contributed by atoms with E-state index in [1.54, 1.807) is 0 Å². The summed E-state index contributed by atoms with van der Waals surface area (Å²) in [5.41, 5.74) is -0.0959. The highest BCUT2D eigenvalue weighted by molar-refractivity contribution is 6.03. The van der Waals surface area contributed by atoms with Crippen molar-refractivity contribution in [3.05, 3.63) is 39.9 Å². The number of nitro groups is 1. The Morgan fingerprint density at radius 2 is 2.24 bits per heavy atom. The van der Waals surface area contributed by atoms with Gasteiger partial charge in [-0.15, -0.1) is 0 Å². The first-order valence-electron chi connectivity index (χ1n) is 4.82. The molecule has 1 fully saturated rings. The van der Waals surface area contributed by atoms with Crippen LogP contribution in [-0.4, -0.2) is 35.0 Å². The third-order valence-electron chi connectivity index (χ3n) is 2.31. The highest BCUT2D eigenvalue weighted by Crippen LogP contribution is 2.16.